The van der Waals surface area contributed by atoms with Crippen molar-refractivity contribution >= 4 is 35.4 Å². The van der Waals surface area contributed by atoms with Gasteiger partial charge in [0.15, 0.2) is 0 Å². The number of aromatic nitrogens is 2. The van der Waals surface area contributed by atoms with Crippen molar-refractivity contribution in [1.82, 2.24) is 10.2 Å². The normalized spacial score (nSPS) is 11.4. The summed E-state index contributed by atoms with van der Waals surface area (Å²) in [4.78, 5) is 11.6. The minimum absolute atomic E-state index is 0.0285. The van der Waals surface area contributed by atoms with Crippen LogP contribution < -0.4 is 4.74 Å². The van der Waals surface area contributed by atoms with Crippen molar-refractivity contribution in [2.24, 2.45) is 0 Å². The number of para-hydroxylation sites is 1. The molecule has 0 aliphatic rings. The van der Waals surface area contributed by atoms with Crippen LogP contribution in [0.1, 0.15) is 5.56 Å². The molecule has 3 rings (SSSR count). The Labute approximate surface area is 158 Å². The lowest BCUT2D eigenvalue weighted by Gasteiger charge is -2.05. The molecule has 0 atom stereocenters. The van der Waals surface area contributed by atoms with E-state index in [1.807, 2.05) is 0 Å². The molecule has 8 heteroatoms. The number of nitrogens with zero attached hydrogens (tertiary/aromatic N) is 2. The van der Waals surface area contributed by atoms with Gasteiger partial charge in [0, 0.05) is 16.1 Å². The summed E-state index contributed by atoms with van der Waals surface area (Å²) in [5, 5.41) is 18.0. The predicted molar refractivity (Wildman–Crippen MR) is 99.2 cm³/mol. The number of carboxylic acids is 1. The monoisotopic (exact) mass is 388 g/mol. The number of carboxylic acid groups (broad SMARTS) is 1. The van der Waals surface area contributed by atoms with E-state index in [0.29, 0.717) is 21.9 Å². The molecule has 3 aromatic rings. The summed E-state index contributed by atoms with van der Waals surface area (Å²) in [6, 6.07) is 14.0. The molecule has 6 nitrogen and oxygen atoms in total. The minimum Gasteiger partial charge on any atom is -0.496 e. The summed E-state index contributed by atoms with van der Waals surface area (Å²) < 4.78 is 10.8. The van der Waals surface area contributed by atoms with Crippen molar-refractivity contribution in [3.05, 3.63) is 64.0 Å². The molecule has 1 aromatic heterocycles. The second-order valence-corrected chi connectivity index (χ2v) is 6.47. The molecule has 132 valence electrons. The highest BCUT2D eigenvalue weighted by atomic mass is 35.5. The first-order valence-electron chi connectivity index (χ1n) is 7.42. The number of carbonyl (C=O) groups is 1. The van der Waals surface area contributed by atoms with Crippen LogP contribution in [0.25, 0.3) is 17.5 Å². The number of hydrogen-bond donors (Lipinski definition) is 1. The van der Waals surface area contributed by atoms with Crippen molar-refractivity contribution in [1.29, 1.82) is 0 Å². The molecule has 0 aliphatic carbocycles. The Hall–Kier alpha value is -2.77. The van der Waals surface area contributed by atoms with Crippen LogP contribution >= 0.6 is 23.4 Å². The average molecular weight is 389 g/mol. The van der Waals surface area contributed by atoms with E-state index in [9.17, 15) is 9.90 Å². The zero-order valence-electron chi connectivity index (χ0n) is 13.5. The van der Waals surface area contributed by atoms with E-state index < -0.39 is 5.97 Å². The van der Waals surface area contributed by atoms with Gasteiger partial charge >= 0.3 is 5.97 Å². The maximum atomic E-state index is 11.6. The SMILES string of the molecule is COc1ccccc1/C=C(\Sc1nnc(-c2ccc(Cl)cc2)o1)C(=O)O. The Kier molecular flexibility index (Phi) is 5.60. The van der Waals surface area contributed by atoms with E-state index in [1.54, 1.807) is 48.5 Å². The summed E-state index contributed by atoms with van der Waals surface area (Å²) in [5.74, 6) is -0.252. The number of rotatable bonds is 6. The van der Waals surface area contributed by atoms with E-state index >= 15 is 0 Å². The summed E-state index contributed by atoms with van der Waals surface area (Å²) in [6.45, 7) is 0. The highest BCUT2D eigenvalue weighted by Crippen LogP contribution is 2.31. The standard InChI is InChI=1S/C18H13ClN2O4S/c1-24-14-5-3-2-4-12(14)10-15(17(22)23)26-18-21-20-16(25-18)11-6-8-13(19)9-7-11/h2-10H,1H3,(H,22,23)/b15-10-. The quantitative estimate of drug-likeness (QED) is 0.487. The second-order valence-electron chi connectivity index (χ2n) is 5.04. The van der Waals surface area contributed by atoms with Gasteiger partial charge in [-0.1, -0.05) is 29.8 Å². The first kappa shape index (κ1) is 18.0. The van der Waals surface area contributed by atoms with Crippen molar-refractivity contribution in [3.63, 3.8) is 0 Å². The average Bonchev–Trinajstić information content (AvgIpc) is 3.10. The maximum absolute atomic E-state index is 11.6. The van der Waals surface area contributed by atoms with E-state index in [4.69, 9.17) is 20.8 Å². The molecule has 0 saturated carbocycles. The van der Waals surface area contributed by atoms with Gasteiger partial charge in [-0.15, -0.1) is 10.2 Å². The summed E-state index contributed by atoms with van der Waals surface area (Å²) >= 11 is 6.73. The van der Waals surface area contributed by atoms with Crippen molar-refractivity contribution in [3.8, 4) is 17.2 Å². The lowest BCUT2D eigenvalue weighted by Crippen LogP contribution is -1.97. The largest absolute Gasteiger partial charge is 0.496 e. The number of ether oxygens (including phenoxy) is 1. The fourth-order valence-corrected chi connectivity index (χ4v) is 2.91. The highest BCUT2D eigenvalue weighted by molar-refractivity contribution is 8.03. The number of benzene rings is 2. The Morgan fingerprint density at radius 3 is 2.62 bits per heavy atom. The first-order valence-corrected chi connectivity index (χ1v) is 8.61. The fraction of sp³-hybridized carbons (Fsp3) is 0.0556. The number of hydrogen-bond acceptors (Lipinski definition) is 6. The molecule has 26 heavy (non-hydrogen) atoms. The lowest BCUT2D eigenvalue weighted by atomic mass is 10.2. The third-order valence-corrected chi connectivity index (χ3v) is 4.44. The Morgan fingerprint density at radius 1 is 1.19 bits per heavy atom. The molecule has 1 N–H and O–H groups in total. The Morgan fingerprint density at radius 2 is 1.92 bits per heavy atom. The molecule has 0 amide bonds. The summed E-state index contributed by atoms with van der Waals surface area (Å²) in [6.07, 6.45) is 1.50. The molecular weight excluding hydrogens is 376 g/mol. The number of methoxy groups -OCH3 is 1. The number of thioether (sulfide) groups is 1. The molecule has 0 aliphatic heterocycles. The maximum Gasteiger partial charge on any atom is 0.342 e. The predicted octanol–water partition coefficient (Wildman–Crippen LogP) is 4.62. The molecule has 0 radical (unpaired) electrons. The van der Waals surface area contributed by atoms with E-state index in [-0.39, 0.29) is 16.0 Å². The van der Waals surface area contributed by atoms with Crippen LogP contribution in [0.4, 0.5) is 0 Å². The molecule has 0 spiro atoms. The fourth-order valence-electron chi connectivity index (χ4n) is 2.12. The minimum atomic E-state index is -1.10. The van der Waals surface area contributed by atoms with Gasteiger partial charge in [0.1, 0.15) is 10.7 Å². The summed E-state index contributed by atoms with van der Waals surface area (Å²) in [7, 11) is 1.52. The zero-order chi connectivity index (χ0) is 18.5. The zero-order valence-corrected chi connectivity index (χ0v) is 15.1. The number of aliphatic carboxylic acids is 1. The molecule has 0 unspecified atom stereocenters. The first-order chi connectivity index (χ1) is 12.6. The van der Waals surface area contributed by atoms with Crippen LogP contribution in [-0.2, 0) is 4.79 Å². The van der Waals surface area contributed by atoms with Gasteiger partial charge in [-0.3, -0.25) is 0 Å². The van der Waals surface area contributed by atoms with Gasteiger partial charge in [-0.2, -0.15) is 0 Å². The molecule has 2 aromatic carbocycles. The lowest BCUT2D eigenvalue weighted by molar-refractivity contribution is -0.131. The van der Waals surface area contributed by atoms with Gasteiger partial charge in [0.25, 0.3) is 5.22 Å². The van der Waals surface area contributed by atoms with Crippen molar-refractivity contribution < 1.29 is 19.1 Å². The van der Waals surface area contributed by atoms with Crippen molar-refractivity contribution in [2.75, 3.05) is 7.11 Å². The van der Waals surface area contributed by atoms with Crippen molar-refractivity contribution in [2.45, 2.75) is 5.22 Å². The van der Waals surface area contributed by atoms with Gasteiger partial charge in [0.2, 0.25) is 5.89 Å². The third-order valence-electron chi connectivity index (χ3n) is 3.33. The van der Waals surface area contributed by atoms with Gasteiger partial charge in [-0.25, -0.2) is 4.79 Å². The third kappa shape index (κ3) is 4.25. The van der Waals surface area contributed by atoms with E-state index in [1.165, 1.54) is 13.2 Å². The smallest absolute Gasteiger partial charge is 0.342 e. The van der Waals surface area contributed by atoms with Gasteiger partial charge < -0.3 is 14.3 Å². The highest BCUT2D eigenvalue weighted by Gasteiger charge is 2.16. The molecule has 0 fully saturated rings. The molecule has 0 saturated heterocycles. The van der Waals surface area contributed by atoms with E-state index in [0.717, 1.165) is 11.8 Å². The Bertz CT molecular complexity index is 954. The van der Waals surface area contributed by atoms with Gasteiger partial charge in [-0.05, 0) is 48.2 Å². The number of halogens is 1. The van der Waals surface area contributed by atoms with Gasteiger partial charge in [0.05, 0.1) is 7.11 Å². The topological polar surface area (TPSA) is 85.5 Å². The Balaban J connectivity index is 1.86. The van der Waals surface area contributed by atoms with Crippen LogP contribution in [0.5, 0.6) is 5.75 Å². The van der Waals surface area contributed by atoms with Crippen LogP contribution in [0, 0.1) is 0 Å². The van der Waals surface area contributed by atoms with Crippen LogP contribution in [-0.4, -0.2) is 28.4 Å². The van der Waals surface area contributed by atoms with E-state index in [2.05, 4.69) is 10.2 Å². The second kappa shape index (κ2) is 8.07. The molecule has 0 bridgehead atoms. The van der Waals surface area contributed by atoms with Crippen LogP contribution in [0.2, 0.25) is 5.02 Å². The van der Waals surface area contributed by atoms with Crippen LogP contribution in [0.15, 0.2) is 63.1 Å². The molecular formula is C18H13ClN2O4S. The molecule has 1 heterocycles. The van der Waals surface area contributed by atoms with Crippen LogP contribution in [0.3, 0.4) is 0 Å². The summed E-state index contributed by atoms with van der Waals surface area (Å²) in [5.41, 5.74) is 1.33.